The molecule has 8 heteroatoms. The summed E-state index contributed by atoms with van der Waals surface area (Å²) in [7, 11) is 0. The number of rotatable bonds is 3. The second kappa shape index (κ2) is 5.29. The van der Waals surface area contributed by atoms with Gasteiger partial charge in [-0.3, -0.25) is 14.7 Å². The highest BCUT2D eigenvalue weighted by molar-refractivity contribution is 6.40. The summed E-state index contributed by atoms with van der Waals surface area (Å²) in [5.41, 5.74) is 5.39. The number of aromatic amines is 1. The van der Waals surface area contributed by atoms with E-state index in [0.29, 0.717) is 0 Å². The molecule has 4 N–H and O–H groups in total. The van der Waals surface area contributed by atoms with Crippen LogP contribution in [0.1, 0.15) is 20.8 Å². The van der Waals surface area contributed by atoms with Crippen molar-refractivity contribution in [2.24, 2.45) is 5.73 Å². The van der Waals surface area contributed by atoms with Gasteiger partial charge in [0.25, 0.3) is 11.8 Å². The van der Waals surface area contributed by atoms with Crippen LogP contribution in [0.3, 0.4) is 0 Å². The van der Waals surface area contributed by atoms with Gasteiger partial charge in [-0.15, -0.1) is 0 Å². The summed E-state index contributed by atoms with van der Waals surface area (Å²) in [4.78, 5) is 23.1. The van der Waals surface area contributed by atoms with Gasteiger partial charge in [0.1, 0.15) is 5.69 Å². The average Bonchev–Trinajstić information content (AvgIpc) is 2.76. The second-order valence-electron chi connectivity index (χ2n) is 3.57. The Morgan fingerprint density at radius 3 is 2.47 bits per heavy atom. The van der Waals surface area contributed by atoms with Gasteiger partial charge in [-0.1, -0.05) is 29.3 Å². The van der Waals surface area contributed by atoms with Gasteiger partial charge in [0.2, 0.25) is 0 Å². The van der Waals surface area contributed by atoms with E-state index in [2.05, 4.69) is 15.5 Å². The summed E-state index contributed by atoms with van der Waals surface area (Å²) >= 11 is 11.8. The summed E-state index contributed by atoms with van der Waals surface area (Å²) in [5, 5.41) is 8.89. The number of benzene rings is 1. The second-order valence-corrected chi connectivity index (χ2v) is 4.39. The smallest absolute Gasteiger partial charge is 0.268 e. The normalized spacial score (nSPS) is 10.2. The lowest BCUT2D eigenvalue weighted by atomic mass is 10.2. The maximum atomic E-state index is 12.1. The Hall–Kier alpha value is -2.05. The fraction of sp³-hybridized carbons (Fsp3) is 0. The van der Waals surface area contributed by atoms with Crippen LogP contribution in [-0.2, 0) is 0 Å². The molecule has 0 aliphatic rings. The number of nitrogens with two attached hydrogens (primary N) is 1. The number of anilines is 1. The minimum Gasteiger partial charge on any atom is -0.364 e. The Labute approximate surface area is 117 Å². The lowest BCUT2D eigenvalue weighted by Crippen LogP contribution is -2.18. The van der Waals surface area contributed by atoms with E-state index in [1.807, 2.05) is 0 Å². The SMILES string of the molecule is NC(=O)c1[nH]ncc1NC(=O)c1c(Cl)cccc1Cl. The minimum atomic E-state index is -0.738. The van der Waals surface area contributed by atoms with E-state index in [9.17, 15) is 9.59 Å². The minimum absolute atomic E-state index is 0.00322. The van der Waals surface area contributed by atoms with Crippen LogP contribution in [0.5, 0.6) is 0 Å². The molecule has 2 aromatic rings. The Morgan fingerprint density at radius 2 is 1.89 bits per heavy atom. The molecule has 6 nitrogen and oxygen atoms in total. The quantitative estimate of drug-likeness (QED) is 0.808. The first-order chi connectivity index (χ1) is 9.00. The average molecular weight is 299 g/mol. The third-order valence-electron chi connectivity index (χ3n) is 2.32. The number of nitrogens with zero attached hydrogens (tertiary/aromatic N) is 1. The molecule has 1 aromatic carbocycles. The topological polar surface area (TPSA) is 101 Å². The summed E-state index contributed by atoms with van der Waals surface area (Å²) in [6.45, 7) is 0. The third-order valence-corrected chi connectivity index (χ3v) is 2.95. The molecule has 0 saturated heterocycles. The van der Waals surface area contributed by atoms with Gasteiger partial charge in [-0.25, -0.2) is 0 Å². The maximum absolute atomic E-state index is 12.1. The molecule has 0 spiro atoms. The molecule has 0 saturated carbocycles. The van der Waals surface area contributed by atoms with Gasteiger partial charge < -0.3 is 11.1 Å². The van der Waals surface area contributed by atoms with Crippen molar-refractivity contribution in [3.8, 4) is 0 Å². The molecule has 0 aliphatic heterocycles. The standard InChI is InChI=1S/C11H8Cl2N4O2/c12-5-2-1-3-6(13)8(5)11(19)16-7-4-15-17-9(7)10(14)18/h1-4H,(H2,14,18)(H,15,17)(H,16,19). The maximum Gasteiger partial charge on any atom is 0.268 e. The fourth-order valence-electron chi connectivity index (χ4n) is 1.47. The van der Waals surface area contributed by atoms with E-state index in [1.54, 1.807) is 6.07 Å². The first-order valence-electron chi connectivity index (χ1n) is 5.09. The molecule has 0 aliphatic carbocycles. The van der Waals surface area contributed by atoms with Crippen molar-refractivity contribution < 1.29 is 9.59 Å². The van der Waals surface area contributed by atoms with Gasteiger partial charge in [0.05, 0.1) is 27.5 Å². The highest BCUT2D eigenvalue weighted by Gasteiger charge is 2.18. The Bertz CT molecular complexity index is 634. The van der Waals surface area contributed by atoms with Gasteiger partial charge in [0.15, 0.2) is 0 Å². The lowest BCUT2D eigenvalue weighted by molar-refractivity contribution is 0.0996. The predicted octanol–water partition coefficient (Wildman–Crippen LogP) is 2.07. The van der Waals surface area contributed by atoms with Crippen LogP contribution in [0.15, 0.2) is 24.4 Å². The van der Waals surface area contributed by atoms with Crippen molar-refractivity contribution in [1.29, 1.82) is 0 Å². The molecular weight excluding hydrogens is 291 g/mol. The molecule has 2 rings (SSSR count). The molecule has 1 aromatic heterocycles. The number of carbonyl (C=O) groups excluding carboxylic acids is 2. The highest BCUT2D eigenvalue weighted by Crippen LogP contribution is 2.25. The summed E-state index contributed by atoms with van der Waals surface area (Å²) in [5.74, 6) is -1.29. The molecule has 98 valence electrons. The molecule has 0 bridgehead atoms. The number of amides is 2. The molecule has 0 atom stereocenters. The molecule has 19 heavy (non-hydrogen) atoms. The molecule has 2 amide bonds. The van der Waals surface area contributed by atoms with Crippen LogP contribution < -0.4 is 11.1 Å². The number of carbonyl (C=O) groups is 2. The molecule has 0 radical (unpaired) electrons. The predicted molar refractivity (Wildman–Crippen MR) is 71.5 cm³/mol. The Kier molecular flexibility index (Phi) is 3.73. The van der Waals surface area contributed by atoms with Crippen LogP contribution in [0.4, 0.5) is 5.69 Å². The molecule has 0 fully saturated rings. The van der Waals surface area contributed by atoms with Gasteiger partial charge in [0, 0.05) is 0 Å². The Balaban J connectivity index is 2.31. The molecule has 0 unspecified atom stereocenters. The van der Waals surface area contributed by atoms with Crippen molar-refractivity contribution in [3.05, 3.63) is 45.7 Å². The zero-order chi connectivity index (χ0) is 14.0. The Morgan fingerprint density at radius 1 is 1.26 bits per heavy atom. The van der Waals surface area contributed by atoms with Crippen molar-refractivity contribution in [1.82, 2.24) is 10.2 Å². The first kappa shape index (κ1) is 13.4. The van der Waals surface area contributed by atoms with Crippen LogP contribution in [0, 0.1) is 0 Å². The van der Waals surface area contributed by atoms with Crippen molar-refractivity contribution in [2.75, 3.05) is 5.32 Å². The molecule has 1 heterocycles. The van der Waals surface area contributed by atoms with E-state index in [1.165, 1.54) is 18.3 Å². The van der Waals surface area contributed by atoms with E-state index < -0.39 is 11.8 Å². The number of H-pyrrole nitrogens is 1. The lowest BCUT2D eigenvalue weighted by Gasteiger charge is -2.07. The van der Waals surface area contributed by atoms with E-state index in [0.717, 1.165) is 0 Å². The monoisotopic (exact) mass is 298 g/mol. The zero-order valence-corrected chi connectivity index (χ0v) is 10.9. The highest BCUT2D eigenvalue weighted by atomic mass is 35.5. The van der Waals surface area contributed by atoms with E-state index >= 15 is 0 Å². The van der Waals surface area contributed by atoms with Crippen molar-refractivity contribution in [3.63, 3.8) is 0 Å². The van der Waals surface area contributed by atoms with E-state index in [-0.39, 0.29) is 27.0 Å². The van der Waals surface area contributed by atoms with Crippen molar-refractivity contribution in [2.45, 2.75) is 0 Å². The zero-order valence-electron chi connectivity index (χ0n) is 9.41. The van der Waals surface area contributed by atoms with Crippen LogP contribution in [0.25, 0.3) is 0 Å². The summed E-state index contributed by atoms with van der Waals surface area (Å²) in [6, 6.07) is 4.69. The molecular formula is C11H8Cl2N4O2. The van der Waals surface area contributed by atoms with Gasteiger partial charge >= 0.3 is 0 Å². The van der Waals surface area contributed by atoms with E-state index in [4.69, 9.17) is 28.9 Å². The van der Waals surface area contributed by atoms with Crippen molar-refractivity contribution >= 4 is 40.7 Å². The van der Waals surface area contributed by atoms with Crippen LogP contribution >= 0.6 is 23.2 Å². The van der Waals surface area contributed by atoms with Gasteiger partial charge in [-0.05, 0) is 12.1 Å². The number of nitrogens with one attached hydrogen (secondary N) is 2. The first-order valence-corrected chi connectivity index (χ1v) is 5.85. The number of hydrogen-bond acceptors (Lipinski definition) is 3. The fourth-order valence-corrected chi connectivity index (χ4v) is 2.04. The largest absolute Gasteiger partial charge is 0.364 e. The summed E-state index contributed by atoms with van der Waals surface area (Å²) < 4.78 is 0. The van der Waals surface area contributed by atoms with Gasteiger partial charge in [-0.2, -0.15) is 5.10 Å². The van der Waals surface area contributed by atoms with Crippen LogP contribution in [0.2, 0.25) is 10.0 Å². The summed E-state index contributed by atoms with van der Waals surface area (Å²) in [6.07, 6.45) is 1.27. The number of hydrogen-bond donors (Lipinski definition) is 3. The number of primary amides is 1. The number of aromatic nitrogens is 2. The van der Waals surface area contributed by atoms with Crippen LogP contribution in [-0.4, -0.2) is 22.0 Å². The number of halogens is 2. The third kappa shape index (κ3) is 2.69.